The highest BCUT2D eigenvalue weighted by molar-refractivity contribution is 5.79. The van der Waals surface area contributed by atoms with Crippen LogP contribution in [0.15, 0.2) is 6.33 Å². The van der Waals surface area contributed by atoms with Gasteiger partial charge in [-0.1, -0.05) is 12.8 Å². The maximum absolute atomic E-state index is 12.5. The molecule has 2 heterocycles. The summed E-state index contributed by atoms with van der Waals surface area (Å²) in [5.41, 5.74) is 3.46. The van der Waals surface area contributed by atoms with E-state index < -0.39 is 0 Å². The fraction of sp³-hybridized carbons (Fsp3) is 0.667. The lowest BCUT2D eigenvalue weighted by molar-refractivity contribution is -0.135. The van der Waals surface area contributed by atoms with Crippen molar-refractivity contribution >= 4 is 5.91 Å². The van der Waals surface area contributed by atoms with E-state index in [0.717, 1.165) is 50.2 Å². The van der Waals surface area contributed by atoms with Crippen molar-refractivity contribution < 1.29 is 4.79 Å². The zero-order valence-corrected chi connectivity index (χ0v) is 11.6. The molecular weight excluding hydrogens is 238 g/mol. The highest BCUT2D eigenvalue weighted by atomic mass is 16.2. The summed E-state index contributed by atoms with van der Waals surface area (Å²) in [7, 11) is 0. The second kappa shape index (κ2) is 5.27. The molecule has 0 atom stereocenters. The van der Waals surface area contributed by atoms with Gasteiger partial charge in [-0.2, -0.15) is 0 Å². The molecule has 1 aromatic heterocycles. The van der Waals surface area contributed by atoms with E-state index in [-0.39, 0.29) is 5.92 Å². The van der Waals surface area contributed by atoms with Gasteiger partial charge in [0.05, 0.1) is 0 Å². The number of rotatable bonds is 1. The molecule has 3 rings (SSSR count). The van der Waals surface area contributed by atoms with Gasteiger partial charge in [-0.15, -0.1) is 0 Å². The largest absolute Gasteiger partial charge is 0.342 e. The summed E-state index contributed by atoms with van der Waals surface area (Å²) < 4.78 is 0. The van der Waals surface area contributed by atoms with Gasteiger partial charge in [0.1, 0.15) is 6.33 Å². The molecule has 0 N–H and O–H groups in total. The lowest BCUT2D eigenvalue weighted by Crippen LogP contribution is -2.37. The van der Waals surface area contributed by atoms with Crippen LogP contribution in [0.1, 0.15) is 42.6 Å². The minimum absolute atomic E-state index is 0.286. The molecule has 0 unspecified atom stereocenters. The molecular formula is C15H21N3O. The normalized spacial score (nSPS) is 20.2. The van der Waals surface area contributed by atoms with Crippen LogP contribution in [-0.2, 0) is 17.6 Å². The third-order valence-corrected chi connectivity index (χ3v) is 4.52. The number of aryl methyl sites for hydroxylation is 1. The van der Waals surface area contributed by atoms with Crippen molar-refractivity contribution in [3.63, 3.8) is 0 Å². The van der Waals surface area contributed by atoms with Crippen molar-refractivity contribution in [3.8, 4) is 0 Å². The van der Waals surface area contributed by atoms with E-state index in [9.17, 15) is 4.79 Å². The van der Waals surface area contributed by atoms with Gasteiger partial charge in [0.25, 0.3) is 0 Å². The van der Waals surface area contributed by atoms with E-state index in [2.05, 4.69) is 14.9 Å². The number of nitrogens with zero attached hydrogens (tertiary/aromatic N) is 3. The molecule has 1 fully saturated rings. The highest BCUT2D eigenvalue weighted by Crippen LogP contribution is 2.27. The number of carbonyl (C=O) groups excluding carboxylic acids is 1. The van der Waals surface area contributed by atoms with Crippen LogP contribution in [0.3, 0.4) is 0 Å². The van der Waals surface area contributed by atoms with Crippen LogP contribution in [0.5, 0.6) is 0 Å². The first-order valence-corrected chi connectivity index (χ1v) is 7.34. The Morgan fingerprint density at radius 1 is 1.21 bits per heavy atom. The minimum Gasteiger partial charge on any atom is -0.342 e. The maximum Gasteiger partial charge on any atom is 0.225 e. The summed E-state index contributed by atoms with van der Waals surface area (Å²) in [6.07, 6.45) is 8.02. The Hall–Kier alpha value is -1.45. The van der Waals surface area contributed by atoms with Gasteiger partial charge in [-0.3, -0.25) is 4.79 Å². The molecule has 19 heavy (non-hydrogen) atoms. The summed E-state index contributed by atoms with van der Waals surface area (Å²) in [6.45, 7) is 3.68. The Balaban J connectivity index is 1.72. The van der Waals surface area contributed by atoms with Crippen LogP contribution in [0.2, 0.25) is 0 Å². The number of aromatic nitrogens is 2. The number of hydrogen-bond acceptors (Lipinski definition) is 3. The Bertz CT molecular complexity index is 480. The van der Waals surface area contributed by atoms with E-state index in [4.69, 9.17) is 0 Å². The average molecular weight is 259 g/mol. The first kappa shape index (κ1) is 12.6. The summed E-state index contributed by atoms with van der Waals surface area (Å²) in [5.74, 6) is 0.657. The van der Waals surface area contributed by atoms with Crippen molar-refractivity contribution in [2.75, 3.05) is 13.1 Å². The Morgan fingerprint density at radius 3 is 2.74 bits per heavy atom. The van der Waals surface area contributed by atoms with Crippen LogP contribution in [0, 0.1) is 12.8 Å². The molecule has 4 heteroatoms. The molecule has 1 saturated carbocycles. The molecule has 0 spiro atoms. The van der Waals surface area contributed by atoms with Crippen LogP contribution in [0.4, 0.5) is 0 Å². The average Bonchev–Trinajstić information content (AvgIpc) is 2.85. The van der Waals surface area contributed by atoms with Crippen molar-refractivity contribution in [1.29, 1.82) is 0 Å². The topological polar surface area (TPSA) is 46.1 Å². The SMILES string of the molecule is Cc1ncnc2c1CCN(C(=O)C1CCCC1)CC2. The van der Waals surface area contributed by atoms with Crippen LogP contribution < -0.4 is 0 Å². The van der Waals surface area contributed by atoms with Crippen molar-refractivity contribution in [2.45, 2.75) is 45.4 Å². The van der Waals surface area contributed by atoms with Gasteiger partial charge < -0.3 is 4.90 Å². The van der Waals surface area contributed by atoms with Crippen molar-refractivity contribution in [2.24, 2.45) is 5.92 Å². The standard InChI is InChI=1S/C15H21N3O/c1-11-13-6-8-18(9-7-14(13)17-10-16-11)15(19)12-4-2-3-5-12/h10,12H,2-9H2,1H3. The smallest absolute Gasteiger partial charge is 0.225 e. The molecule has 1 amide bonds. The molecule has 0 bridgehead atoms. The molecule has 1 aliphatic heterocycles. The molecule has 1 aromatic rings. The van der Waals surface area contributed by atoms with Gasteiger partial charge in [-0.25, -0.2) is 9.97 Å². The monoisotopic (exact) mass is 259 g/mol. The molecule has 102 valence electrons. The molecule has 4 nitrogen and oxygen atoms in total. The van der Waals surface area contributed by atoms with Gasteiger partial charge in [-0.05, 0) is 31.7 Å². The van der Waals surface area contributed by atoms with Crippen LogP contribution in [0.25, 0.3) is 0 Å². The van der Waals surface area contributed by atoms with Crippen LogP contribution in [-0.4, -0.2) is 33.9 Å². The fourth-order valence-corrected chi connectivity index (χ4v) is 3.34. The summed E-state index contributed by atoms with van der Waals surface area (Å²) in [4.78, 5) is 23.2. The highest BCUT2D eigenvalue weighted by Gasteiger charge is 2.28. The molecule has 1 aliphatic carbocycles. The van der Waals surface area contributed by atoms with E-state index >= 15 is 0 Å². The quantitative estimate of drug-likeness (QED) is 0.774. The number of hydrogen-bond donors (Lipinski definition) is 0. The predicted molar refractivity (Wildman–Crippen MR) is 72.7 cm³/mol. The third kappa shape index (κ3) is 2.48. The van der Waals surface area contributed by atoms with Gasteiger partial charge in [0.2, 0.25) is 5.91 Å². The molecule has 0 aromatic carbocycles. The van der Waals surface area contributed by atoms with Gasteiger partial charge in [0, 0.05) is 36.8 Å². The zero-order valence-electron chi connectivity index (χ0n) is 11.6. The van der Waals surface area contributed by atoms with Crippen molar-refractivity contribution in [3.05, 3.63) is 23.3 Å². The zero-order chi connectivity index (χ0) is 13.2. The summed E-state index contributed by atoms with van der Waals surface area (Å²) >= 11 is 0. The van der Waals surface area contributed by atoms with E-state index in [1.54, 1.807) is 6.33 Å². The Kier molecular flexibility index (Phi) is 3.49. The molecule has 0 radical (unpaired) electrons. The van der Waals surface area contributed by atoms with Gasteiger partial charge in [0.15, 0.2) is 0 Å². The Morgan fingerprint density at radius 2 is 1.95 bits per heavy atom. The predicted octanol–water partition coefficient (Wildman–Crippen LogP) is 1.90. The summed E-state index contributed by atoms with van der Waals surface area (Å²) in [6, 6.07) is 0. The van der Waals surface area contributed by atoms with Crippen molar-refractivity contribution in [1.82, 2.24) is 14.9 Å². The first-order valence-electron chi connectivity index (χ1n) is 7.34. The summed E-state index contributed by atoms with van der Waals surface area (Å²) in [5, 5.41) is 0. The van der Waals surface area contributed by atoms with E-state index in [1.807, 2.05) is 6.92 Å². The third-order valence-electron chi connectivity index (χ3n) is 4.52. The van der Waals surface area contributed by atoms with Crippen LogP contribution >= 0.6 is 0 Å². The molecule has 0 saturated heterocycles. The first-order chi connectivity index (χ1) is 9.25. The number of carbonyl (C=O) groups is 1. The van der Waals surface area contributed by atoms with E-state index in [0.29, 0.717) is 5.91 Å². The number of fused-ring (bicyclic) bond motifs is 1. The Labute approximate surface area is 114 Å². The minimum atomic E-state index is 0.286. The maximum atomic E-state index is 12.5. The second-order valence-corrected chi connectivity index (χ2v) is 5.69. The second-order valence-electron chi connectivity index (χ2n) is 5.69. The number of amides is 1. The fourth-order valence-electron chi connectivity index (χ4n) is 3.34. The lowest BCUT2D eigenvalue weighted by atomic mass is 10.1. The van der Waals surface area contributed by atoms with Gasteiger partial charge >= 0.3 is 0 Å². The lowest BCUT2D eigenvalue weighted by Gasteiger charge is -2.23. The molecule has 2 aliphatic rings. The van der Waals surface area contributed by atoms with E-state index in [1.165, 1.54) is 18.4 Å².